The number of para-hydroxylation sites is 1. The summed E-state index contributed by atoms with van der Waals surface area (Å²) in [6.45, 7) is 1.40. The summed E-state index contributed by atoms with van der Waals surface area (Å²) in [6.07, 6.45) is -0.0795. The van der Waals surface area contributed by atoms with E-state index < -0.39 is 29.6 Å². The third kappa shape index (κ3) is 5.30. The van der Waals surface area contributed by atoms with Crippen LogP contribution in [0.4, 0.5) is 14.5 Å². The van der Waals surface area contributed by atoms with Crippen LogP contribution in [0, 0.1) is 23.0 Å². The molecule has 1 amide bonds. The molecule has 0 fully saturated rings. The maximum Gasteiger partial charge on any atom is 0.307 e. The molecule has 9 heteroatoms. The maximum atomic E-state index is 13.8. The minimum Gasteiger partial charge on any atom is -0.453 e. The molecule has 0 saturated heterocycles. The van der Waals surface area contributed by atoms with Gasteiger partial charge in [0, 0.05) is 6.42 Å². The van der Waals surface area contributed by atoms with Crippen LogP contribution < -0.4 is 5.32 Å². The molecule has 1 unspecified atom stereocenters. The molecule has 1 heterocycles. The predicted octanol–water partition coefficient (Wildman–Crippen LogP) is 3.99. The number of rotatable bonds is 7. The smallest absolute Gasteiger partial charge is 0.307 e. The zero-order chi connectivity index (χ0) is 22.4. The first kappa shape index (κ1) is 21.6. The average Bonchev–Trinajstić information content (AvgIpc) is 3.21. The summed E-state index contributed by atoms with van der Waals surface area (Å²) in [6, 6.07) is 11.8. The number of oxazole rings is 1. The molecular formula is C22H17F2N3O4. The number of esters is 1. The molecule has 1 atom stereocenters. The van der Waals surface area contributed by atoms with Gasteiger partial charge in [0.1, 0.15) is 17.7 Å². The summed E-state index contributed by atoms with van der Waals surface area (Å²) in [5.41, 5.74) is 0.248. The van der Waals surface area contributed by atoms with Crippen molar-refractivity contribution >= 4 is 17.6 Å². The van der Waals surface area contributed by atoms with Crippen molar-refractivity contribution in [2.75, 3.05) is 5.32 Å². The first-order chi connectivity index (χ1) is 14.9. The first-order valence-corrected chi connectivity index (χ1v) is 9.27. The molecule has 7 nitrogen and oxygen atoms in total. The van der Waals surface area contributed by atoms with Gasteiger partial charge in [0.15, 0.2) is 17.8 Å². The summed E-state index contributed by atoms with van der Waals surface area (Å²) >= 11 is 0. The van der Waals surface area contributed by atoms with E-state index in [1.807, 2.05) is 6.07 Å². The van der Waals surface area contributed by atoms with Gasteiger partial charge >= 0.3 is 5.97 Å². The number of hydrogen-bond acceptors (Lipinski definition) is 6. The van der Waals surface area contributed by atoms with Crippen molar-refractivity contribution in [1.29, 1.82) is 5.26 Å². The topological polar surface area (TPSA) is 105 Å². The lowest BCUT2D eigenvalue weighted by Gasteiger charge is -2.14. The molecule has 2 aromatic carbocycles. The van der Waals surface area contributed by atoms with Gasteiger partial charge < -0.3 is 14.5 Å². The fourth-order valence-corrected chi connectivity index (χ4v) is 2.72. The zero-order valence-electron chi connectivity index (χ0n) is 16.4. The summed E-state index contributed by atoms with van der Waals surface area (Å²) < 4.78 is 38.1. The number of nitrogens with one attached hydrogen (secondary N) is 1. The normalized spacial score (nSPS) is 11.4. The second-order valence-corrected chi connectivity index (χ2v) is 6.49. The van der Waals surface area contributed by atoms with Gasteiger partial charge in [-0.2, -0.15) is 5.26 Å². The number of nitriles is 1. The van der Waals surface area contributed by atoms with Gasteiger partial charge in [-0.15, -0.1) is 0 Å². The van der Waals surface area contributed by atoms with E-state index in [2.05, 4.69) is 10.3 Å². The Morgan fingerprint density at radius 2 is 1.90 bits per heavy atom. The number of carbonyl (C=O) groups is 2. The number of halogens is 2. The Morgan fingerprint density at radius 3 is 2.61 bits per heavy atom. The highest BCUT2D eigenvalue weighted by Crippen LogP contribution is 2.26. The van der Waals surface area contributed by atoms with E-state index in [1.165, 1.54) is 19.2 Å². The van der Waals surface area contributed by atoms with Gasteiger partial charge in [0.05, 0.1) is 29.4 Å². The van der Waals surface area contributed by atoms with Crippen LogP contribution in [0.3, 0.4) is 0 Å². The second-order valence-electron chi connectivity index (χ2n) is 6.49. The molecular weight excluding hydrogens is 408 g/mol. The maximum absolute atomic E-state index is 13.8. The fourth-order valence-electron chi connectivity index (χ4n) is 2.72. The Hall–Kier alpha value is -4.06. The highest BCUT2D eigenvalue weighted by atomic mass is 19.1. The Morgan fingerprint density at radius 1 is 1.19 bits per heavy atom. The quantitative estimate of drug-likeness (QED) is 0.574. The lowest BCUT2D eigenvalue weighted by molar-refractivity contribution is -0.153. The van der Waals surface area contributed by atoms with E-state index in [0.717, 1.165) is 12.1 Å². The van der Waals surface area contributed by atoms with Crippen LogP contribution in [0.5, 0.6) is 0 Å². The SMILES string of the molecule is CC(OC(=O)CCc1ncc(-c2c(F)cccc2F)o1)C(=O)Nc1ccccc1C#N. The zero-order valence-corrected chi connectivity index (χ0v) is 16.4. The molecule has 0 aliphatic carbocycles. The summed E-state index contributed by atoms with van der Waals surface area (Å²) in [5, 5.41) is 11.6. The number of benzene rings is 2. The van der Waals surface area contributed by atoms with E-state index in [9.17, 15) is 18.4 Å². The summed E-state index contributed by atoms with van der Waals surface area (Å²) in [7, 11) is 0. The van der Waals surface area contributed by atoms with E-state index >= 15 is 0 Å². The molecule has 0 saturated carbocycles. The van der Waals surface area contributed by atoms with Gasteiger partial charge in [0.25, 0.3) is 5.91 Å². The fraction of sp³-hybridized carbons (Fsp3) is 0.182. The molecule has 0 aliphatic heterocycles. The van der Waals surface area contributed by atoms with Crippen LogP contribution in [0.2, 0.25) is 0 Å². The number of nitrogens with zero attached hydrogens (tertiary/aromatic N) is 2. The number of anilines is 1. The van der Waals surface area contributed by atoms with Crippen molar-refractivity contribution in [3.8, 4) is 17.4 Å². The van der Waals surface area contributed by atoms with Crippen LogP contribution >= 0.6 is 0 Å². The summed E-state index contributed by atoms with van der Waals surface area (Å²) in [4.78, 5) is 28.2. The Balaban J connectivity index is 1.54. The van der Waals surface area contributed by atoms with Crippen LogP contribution in [0.15, 0.2) is 53.1 Å². The molecule has 158 valence electrons. The van der Waals surface area contributed by atoms with Gasteiger partial charge in [-0.25, -0.2) is 13.8 Å². The van der Waals surface area contributed by atoms with Crippen LogP contribution in [-0.2, 0) is 20.7 Å². The second kappa shape index (κ2) is 9.63. The van der Waals surface area contributed by atoms with Crippen molar-refractivity contribution < 1.29 is 27.5 Å². The standard InChI is InChI=1S/C22H17F2N3O4/c1-13(22(29)27-17-8-3-2-5-14(17)11-25)30-20(28)10-9-19-26-12-18(31-19)21-15(23)6-4-7-16(21)24/h2-8,12-13H,9-10H2,1H3,(H,27,29). The minimum absolute atomic E-state index is 0.0144. The number of ether oxygens (including phenoxy) is 1. The number of aromatic nitrogens is 1. The Bertz CT molecular complexity index is 1130. The third-order valence-corrected chi connectivity index (χ3v) is 4.29. The molecule has 1 aromatic heterocycles. The Labute approximate surface area is 176 Å². The van der Waals surface area contributed by atoms with Crippen LogP contribution in [0.25, 0.3) is 11.3 Å². The molecule has 3 rings (SSSR count). The monoisotopic (exact) mass is 425 g/mol. The molecule has 0 aliphatic rings. The van der Waals surface area contributed by atoms with Crippen LogP contribution in [-0.4, -0.2) is 23.0 Å². The van der Waals surface area contributed by atoms with E-state index in [1.54, 1.807) is 24.3 Å². The summed E-state index contributed by atoms with van der Waals surface area (Å²) in [5.74, 6) is -2.87. The van der Waals surface area contributed by atoms with E-state index in [-0.39, 0.29) is 35.6 Å². The molecule has 0 spiro atoms. The van der Waals surface area contributed by atoms with Crippen molar-refractivity contribution in [2.24, 2.45) is 0 Å². The number of hydrogen-bond donors (Lipinski definition) is 1. The number of aryl methyl sites for hydroxylation is 1. The van der Waals surface area contributed by atoms with Gasteiger partial charge in [0.2, 0.25) is 0 Å². The van der Waals surface area contributed by atoms with Crippen LogP contribution in [0.1, 0.15) is 24.8 Å². The molecule has 0 radical (unpaired) electrons. The Kier molecular flexibility index (Phi) is 6.72. The largest absolute Gasteiger partial charge is 0.453 e. The highest BCUT2D eigenvalue weighted by Gasteiger charge is 2.20. The van der Waals surface area contributed by atoms with Gasteiger partial charge in [-0.05, 0) is 31.2 Å². The number of carbonyl (C=O) groups excluding carboxylic acids is 2. The molecule has 31 heavy (non-hydrogen) atoms. The molecule has 1 N–H and O–H groups in total. The average molecular weight is 425 g/mol. The number of amides is 1. The van der Waals surface area contributed by atoms with Crippen molar-refractivity contribution in [1.82, 2.24) is 4.98 Å². The van der Waals surface area contributed by atoms with E-state index in [0.29, 0.717) is 5.69 Å². The van der Waals surface area contributed by atoms with Crippen molar-refractivity contribution in [2.45, 2.75) is 25.9 Å². The van der Waals surface area contributed by atoms with Crippen molar-refractivity contribution in [3.05, 3.63) is 71.8 Å². The molecule has 0 bridgehead atoms. The minimum atomic E-state index is -1.10. The third-order valence-electron chi connectivity index (χ3n) is 4.29. The van der Waals surface area contributed by atoms with E-state index in [4.69, 9.17) is 14.4 Å². The predicted molar refractivity (Wildman–Crippen MR) is 106 cm³/mol. The van der Waals surface area contributed by atoms with Gasteiger partial charge in [-0.3, -0.25) is 9.59 Å². The van der Waals surface area contributed by atoms with Gasteiger partial charge in [-0.1, -0.05) is 18.2 Å². The molecule has 3 aromatic rings. The first-order valence-electron chi connectivity index (χ1n) is 9.27. The van der Waals surface area contributed by atoms with Crippen molar-refractivity contribution in [3.63, 3.8) is 0 Å². The highest BCUT2D eigenvalue weighted by molar-refractivity contribution is 5.96. The lowest BCUT2D eigenvalue weighted by Crippen LogP contribution is -2.30. The lowest BCUT2D eigenvalue weighted by atomic mass is 10.1.